The zero-order chi connectivity index (χ0) is 14.8. The van der Waals surface area contributed by atoms with E-state index in [1.54, 1.807) is 6.08 Å². The molecule has 1 rings (SSSR count). The van der Waals surface area contributed by atoms with Gasteiger partial charge in [0.15, 0.2) is 0 Å². The molecule has 0 spiro atoms. The fourth-order valence-corrected chi connectivity index (χ4v) is 1.66. The lowest BCUT2D eigenvalue weighted by Gasteiger charge is -2.19. The number of aliphatic hydroxyl groups is 1. The van der Waals surface area contributed by atoms with Crippen LogP contribution >= 0.6 is 0 Å². The predicted octanol–water partition coefficient (Wildman–Crippen LogP) is 1.39. The average molecular weight is 277 g/mol. The summed E-state index contributed by atoms with van der Waals surface area (Å²) < 4.78 is 0. The quantitative estimate of drug-likeness (QED) is 0.704. The van der Waals surface area contributed by atoms with E-state index in [2.05, 4.69) is 0 Å². The van der Waals surface area contributed by atoms with Crippen molar-refractivity contribution in [2.24, 2.45) is 0 Å². The summed E-state index contributed by atoms with van der Waals surface area (Å²) in [7, 11) is 0. The van der Waals surface area contributed by atoms with Crippen molar-refractivity contribution >= 4 is 18.0 Å². The van der Waals surface area contributed by atoms with E-state index in [0.29, 0.717) is 13.0 Å². The Morgan fingerprint density at radius 1 is 1.15 bits per heavy atom. The van der Waals surface area contributed by atoms with Gasteiger partial charge in [-0.25, -0.2) is 0 Å². The highest BCUT2D eigenvalue weighted by Crippen LogP contribution is 2.03. The van der Waals surface area contributed by atoms with Crippen molar-refractivity contribution in [2.45, 2.75) is 12.8 Å². The molecule has 0 saturated carbocycles. The van der Waals surface area contributed by atoms with Crippen LogP contribution in [-0.4, -0.2) is 46.7 Å². The first kappa shape index (κ1) is 15.9. The maximum atomic E-state index is 12.0. The summed E-state index contributed by atoms with van der Waals surface area (Å²) in [6.07, 6.45) is 3.45. The molecule has 0 aliphatic heterocycles. The van der Waals surface area contributed by atoms with Gasteiger partial charge < -0.3 is 15.1 Å². The van der Waals surface area contributed by atoms with Crippen LogP contribution in [0.4, 0.5) is 0 Å². The van der Waals surface area contributed by atoms with Gasteiger partial charge in [0, 0.05) is 25.8 Å². The standard InChI is InChI=1S/C15H19NO4/c17-12-4-10-16(11-9-15(19)20)14(18)8-7-13-5-2-1-3-6-13/h1-3,5-8,17H,4,9-12H2,(H,19,20)/b8-7+. The van der Waals surface area contributed by atoms with Gasteiger partial charge in [0.1, 0.15) is 0 Å². The van der Waals surface area contributed by atoms with E-state index >= 15 is 0 Å². The highest BCUT2D eigenvalue weighted by Gasteiger charge is 2.11. The molecule has 0 aliphatic carbocycles. The number of nitrogens with zero attached hydrogens (tertiary/aromatic N) is 1. The van der Waals surface area contributed by atoms with E-state index in [1.807, 2.05) is 30.3 Å². The molecule has 20 heavy (non-hydrogen) atoms. The van der Waals surface area contributed by atoms with Crippen LogP contribution in [0.15, 0.2) is 36.4 Å². The third-order valence-corrected chi connectivity index (χ3v) is 2.71. The first-order valence-corrected chi connectivity index (χ1v) is 6.48. The van der Waals surface area contributed by atoms with Gasteiger partial charge in [-0.15, -0.1) is 0 Å². The molecule has 0 unspecified atom stereocenters. The maximum absolute atomic E-state index is 12.0. The maximum Gasteiger partial charge on any atom is 0.305 e. The molecule has 0 radical (unpaired) electrons. The predicted molar refractivity (Wildman–Crippen MR) is 76.0 cm³/mol. The van der Waals surface area contributed by atoms with E-state index < -0.39 is 5.97 Å². The second kappa shape index (κ2) is 8.87. The minimum Gasteiger partial charge on any atom is -0.481 e. The van der Waals surface area contributed by atoms with Crippen LogP contribution in [0.1, 0.15) is 18.4 Å². The zero-order valence-corrected chi connectivity index (χ0v) is 11.2. The number of hydrogen-bond donors (Lipinski definition) is 2. The molecule has 1 aromatic carbocycles. The topological polar surface area (TPSA) is 77.8 Å². The van der Waals surface area contributed by atoms with E-state index in [0.717, 1.165) is 5.56 Å². The number of hydrogen-bond acceptors (Lipinski definition) is 3. The van der Waals surface area contributed by atoms with Crippen molar-refractivity contribution < 1.29 is 19.8 Å². The molecule has 0 bridgehead atoms. The Hall–Kier alpha value is -2.14. The van der Waals surface area contributed by atoms with Crippen molar-refractivity contribution in [3.05, 3.63) is 42.0 Å². The molecule has 0 fully saturated rings. The van der Waals surface area contributed by atoms with E-state index in [9.17, 15) is 9.59 Å². The molecule has 0 saturated heterocycles. The third kappa shape index (κ3) is 6.15. The normalized spacial score (nSPS) is 10.7. The molecule has 0 aromatic heterocycles. The smallest absolute Gasteiger partial charge is 0.305 e. The van der Waals surface area contributed by atoms with Crippen molar-refractivity contribution in [1.29, 1.82) is 0 Å². The molecule has 0 heterocycles. The van der Waals surface area contributed by atoms with Gasteiger partial charge in [-0.05, 0) is 18.1 Å². The number of aliphatic carboxylic acids is 1. The molecule has 0 aliphatic rings. The first-order chi connectivity index (χ1) is 9.63. The van der Waals surface area contributed by atoms with Crippen LogP contribution in [0.25, 0.3) is 6.08 Å². The summed E-state index contributed by atoms with van der Waals surface area (Å²) in [5.74, 6) is -1.19. The number of carboxylic acid groups (broad SMARTS) is 1. The van der Waals surface area contributed by atoms with Crippen LogP contribution in [0.2, 0.25) is 0 Å². The number of rotatable bonds is 8. The van der Waals surface area contributed by atoms with Crippen LogP contribution in [0, 0.1) is 0 Å². The van der Waals surface area contributed by atoms with Crippen molar-refractivity contribution in [1.82, 2.24) is 4.90 Å². The average Bonchev–Trinajstić information content (AvgIpc) is 2.45. The number of carbonyl (C=O) groups is 2. The Balaban J connectivity index is 2.61. The molecule has 5 nitrogen and oxygen atoms in total. The summed E-state index contributed by atoms with van der Waals surface area (Å²) in [5.41, 5.74) is 0.904. The van der Waals surface area contributed by atoms with Crippen LogP contribution in [0.5, 0.6) is 0 Å². The lowest BCUT2D eigenvalue weighted by Crippen LogP contribution is -2.33. The van der Waals surface area contributed by atoms with Crippen LogP contribution in [-0.2, 0) is 9.59 Å². The molecular formula is C15H19NO4. The second-order valence-corrected chi connectivity index (χ2v) is 4.29. The molecular weight excluding hydrogens is 258 g/mol. The highest BCUT2D eigenvalue weighted by atomic mass is 16.4. The molecule has 108 valence electrons. The largest absolute Gasteiger partial charge is 0.481 e. The van der Waals surface area contributed by atoms with Crippen molar-refractivity contribution in [3.8, 4) is 0 Å². The molecule has 1 amide bonds. The van der Waals surface area contributed by atoms with Gasteiger partial charge in [0.05, 0.1) is 6.42 Å². The van der Waals surface area contributed by atoms with E-state index in [4.69, 9.17) is 10.2 Å². The zero-order valence-electron chi connectivity index (χ0n) is 11.2. The van der Waals surface area contributed by atoms with Gasteiger partial charge in [0.2, 0.25) is 5.91 Å². The Bertz CT molecular complexity index is 456. The summed E-state index contributed by atoms with van der Waals surface area (Å²) in [6.45, 7) is 0.467. The lowest BCUT2D eigenvalue weighted by atomic mass is 10.2. The van der Waals surface area contributed by atoms with E-state index in [-0.39, 0.29) is 25.5 Å². The van der Waals surface area contributed by atoms with E-state index in [1.165, 1.54) is 11.0 Å². The summed E-state index contributed by atoms with van der Waals surface area (Å²) >= 11 is 0. The van der Waals surface area contributed by atoms with Crippen molar-refractivity contribution in [2.75, 3.05) is 19.7 Å². The molecule has 5 heteroatoms. The summed E-state index contributed by atoms with van der Waals surface area (Å²) in [4.78, 5) is 24.0. The van der Waals surface area contributed by atoms with Gasteiger partial charge >= 0.3 is 5.97 Å². The van der Waals surface area contributed by atoms with Gasteiger partial charge in [-0.3, -0.25) is 9.59 Å². The summed E-state index contributed by atoms with van der Waals surface area (Å²) in [5, 5.41) is 17.5. The fourth-order valence-electron chi connectivity index (χ4n) is 1.66. The Morgan fingerprint density at radius 2 is 1.85 bits per heavy atom. The number of aliphatic hydroxyl groups excluding tert-OH is 1. The van der Waals surface area contributed by atoms with Gasteiger partial charge in [-0.1, -0.05) is 30.3 Å². The number of benzene rings is 1. The minimum atomic E-state index is -0.946. The molecule has 1 aromatic rings. The number of amides is 1. The monoisotopic (exact) mass is 277 g/mol. The Morgan fingerprint density at radius 3 is 2.45 bits per heavy atom. The minimum absolute atomic E-state index is 0.0285. The Kier molecular flexibility index (Phi) is 7.06. The van der Waals surface area contributed by atoms with Crippen LogP contribution in [0.3, 0.4) is 0 Å². The molecule has 2 N–H and O–H groups in total. The second-order valence-electron chi connectivity index (χ2n) is 4.29. The lowest BCUT2D eigenvalue weighted by molar-refractivity contribution is -0.138. The SMILES string of the molecule is O=C(O)CCN(CCCO)C(=O)/C=C/c1ccccc1. The first-order valence-electron chi connectivity index (χ1n) is 6.48. The summed E-state index contributed by atoms with van der Waals surface area (Å²) in [6, 6.07) is 9.38. The van der Waals surface area contributed by atoms with Gasteiger partial charge in [-0.2, -0.15) is 0 Å². The van der Waals surface area contributed by atoms with Crippen LogP contribution < -0.4 is 0 Å². The van der Waals surface area contributed by atoms with Crippen molar-refractivity contribution in [3.63, 3.8) is 0 Å². The molecule has 0 atom stereocenters. The Labute approximate surface area is 118 Å². The highest BCUT2D eigenvalue weighted by molar-refractivity contribution is 5.92. The number of carbonyl (C=O) groups excluding carboxylic acids is 1. The number of carboxylic acids is 1. The fraction of sp³-hybridized carbons (Fsp3) is 0.333. The van der Waals surface area contributed by atoms with Gasteiger partial charge in [0.25, 0.3) is 0 Å². The third-order valence-electron chi connectivity index (χ3n) is 2.71.